The van der Waals surface area contributed by atoms with Gasteiger partial charge in [-0.05, 0) is 50.8 Å². The van der Waals surface area contributed by atoms with E-state index in [9.17, 15) is 19.5 Å². The molecular weight excluding hydrogens is 424 g/mol. The van der Waals surface area contributed by atoms with Crippen LogP contribution in [0.2, 0.25) is 5.02 Å². The number of carbonyl (C=O) groups is 3. The Balaban J connectivity index is 1.68. The lowest BCUT2D eigenvalue weighted by atomic mass is 10.0. The van der Waals surface area contributed by atoms with E-state index >= 15 is 0 Å². The van der Waals surface area contributed by atoms with Crippen LogP contribution in [0.1, 0.15) is 32.3 Å². The molecule has 1 aromatic carbocycles. The van der Waals surface area contributed by atoms with Crippen molar-refractivity contribution >= 4 is 29.4 Å². The molecule has 5 atom stereocenters. The van der Waals surface area contributed by atoms with Gasteiger partial charge in [-0.15, -0.1) is 0 Å². The van der Waals surface area contributed by atoms with E-state index in [0.29, 0.717) is 37.5 Å². The van der Waals surface area contributed by atoms with Gasteiger partial charge < -0.3 is 19.5 Å². The van der Waals surface area contributed by atoms with Crippen molar-refractivity contribution in [2.24, 2.45) is 5.92 Å². The molecule has 0 bridgehead atoms. The molecule has 0 radical (unpaired) electrons. The van der Waals surface area contributed by atoms with Gasteiger partial charge in [0.2, 0.25) is 5.91 Å². The Bertz CT molecular complexity index is 802. The van der Waals surface area contributed by atoms with E-state index < -0.39 is 30.1 Å². The van der Waals surface area contributed by atoms with Crippen LogP contribution in [0.25, 0.3) is 0 Å². The van der Waals surface area contributed by atoms with Gasteiger partial charge in [-0.1, -0.05) is 23.7 Å². The first-order chi connectivity index (χ1) is 14.8. The lowest BCUT2D eigenvalue weighted by Crippen LogP contribution is -2.55. The maximum atomic E-state index is 13.2. The number of likely N-dealkylation sites (tertiary alicyclic amines) is 1. The summed E-state index contributed by atoms with van der Waals surface area (Å²) in [5.74, 6) is -1.76. The Morgan fingerprint density at radius 2 is 2.00 bits per heavy atom. The Morgan fingerprint density at radius 1 is 1.29 bits per heavy atom. The Morgan fingerprint density at radius 3 is 2.65 bits per heavy atom. The summed E-state index contributed by atoms with van der Waals surface area (Å²) in [5.41, 5.74) is 1.01. The number of carbonyl (C=O) groups excluding carboxylic acids is 2. The first kappa shape index (κ1) is 23.5. The van der Waals surface area contributed by atoms with Gasteiger partial charge in [-0.25, -0.2) is 4.79 Å². The molecule has 2 N–H and O–H groups in total. The number of esters is 1. The number of hydrogen-bond donors (Lipinski definition) is 2. The van der Waals surface area contributed by atoms with Gasteiger partial charge in [-0.2, -0.15) is 0 Å². The summed E-state index contributed by atoms with van der Waals surface area (Å²) in [5, 5.41) is 13.3. The fraction of sp³-hybridized carbons (Fsp3) is 0.591. The first-order valence-electron chi connectivity index (χ1n) is 10.6. The van der Waals surface area contributed by atoms with E-state index in [1.54, 1.807) is 26.0 Å². The average Bonchev–Trinajstić information content (AvgIpc) is 3.33. The minimum absolute atomic E-state index is 0.0306. The zero-order valence-corrected chi connectivity index (χ0v) is 18.5. The molecule has 0 aromatic heterocycles. The van der Waals surface area contributed by atoms with Crippen LogP contribution in [-0.4, -0.2) is 71.8 Å². The quantitative estimate of drug-likeness (QED) is 0.551. The lowest BCUT2D eigenvalue weighted by molar-refractivity contribution is -0.152. The standard InChI is InChI=1S/C22H29ClN2O6/c1-3-31-22(29)17(9-6-14-4-7-16(23)8-5-14)24-13(2)20(26)25-18(21(27)28)10-15-11-30-12-19(15)25/h4-5,7-8,13,15,17-19,24H,3,6,9-12H2,1-2H3,(H,27,28)/t13-,15?,17?,18-,19?/m0/s1. The largest absolute Gasteiger partial charge is 0.480 e. The van der Waals surface area contributed by atoms with Crippen LogP contribution < -0.4 is 5.32 Å². The van der Waals surface area contributed by atoms with Crippen LogP contribution in [0.15, 0.2) is 24.3 Å². The van der Waals surface area contributed by atoms with Crippen molar-refractivity contribution in [2.45, 2.75) is 57.3 Å². The van der Waals surface area contributed by atoms with Crippen molar-refractivity contribution in [3.8, 4) is 0 Å². The molecule has 170 valence electrons. The van der Waals surface area contributed by atoms with Crippen LogP contribution in [0, 0.1) is 5.92 Å². The number of aliphatic carboxylic acids is 1. The summed E-state index contributed by atoms with van der Waals surface area (Å²) in [6.07, 6.45) is 1.40. The minimum atomic E-state index is -1.01. The number of hydrogen-bond acceptors (Lipinski definition) is 6. The number of nitrogens with one attached hydrogen (secondary N) is 1. The summed E-state index contributed by atoms with van der Waals surface area (Å²) >= 11 is 5.93. The van der Waals surface area contributed by atoms with Crippen LogP contribution in [0.5, 0.6) is 0 Å². The smallest absolute Gasteiger partial charge is 0.326 e. The lowest BCUT2D eigenvalue weighted by Gasteiger charge is -2.31. The molecule has 31 heavy (non-hydrogen) atoms. The SMILES string of the molecule is CCOC(=O)C(CCc1ccc(Cl)cc1)N[C@@H](C)C(=O)N1C2COCC2C[C@H]1C(=O)O. The molecule has 2 heterocycles. The number of halogens is 1. The van der Waals surface area contributed by atoms with E-state index in [-0.39, 0.29) is 24.5 Å². The van der Waals surface area contributed by atoms with Gasteiger partial charge in [0, 0.05) is 10.9 Å². The molecule has 2 aliphatic heterocycles. The highest BCUT2D eigenvalue weighted by molar-refractivity contribution is 6.30. The van der Waals surface area contributed by atoms with E-state index in [1.165, 1.54) is 4.90 Å². The molecule has 0 spiro atoms. The normalized spacial score (nSPS) is 24.5. The molecule has 0 aliphatic carbocycles. The summed E-state index contributed by atoms with van der Waals surface area (Å²) in [6, 6.07) is 4.79. The maximum absolute atomic E-state index is 13.2. The first-order valence-corrected chi connectivity index (χ1v) is 11.0. The molecule has 8 nitrogen and oxygen atoms in total. The average molecular weight is 453 g/mol. The minimum Gasteiger partial charge on any atom is -0.480 e. The second-order valence-electron chi connectivity index (χ2n) is 8.06. The predicted octanol–water partition coefficient (Wildman–Crippen LogP) is 1.88. The number of carboxylic acids is 1. The van der Waals surface area contributed by atoms with Gasteiger partial charge in [-0.3, -0.25) is 14.9 Å². The molecule has 2 saturated heterocycles. The van der Waals surface area contributed by atoms with Crippen molar-refractivity contribution in [3.63, 3.8) is 0 Å². The van der Waals surface area contributed by atoms with Crippen LogP contribution >= 0.6 is 11.6 Å². The summed E-state index contributed by atoms with van der Waals surface area (Å²) in [4.78, 5) is 38.9. The number of amides is 1. The molecule has 3 rings (SSSR count). The summed E-state index contributed by atoms with van der Waals surface area (Å²) in [6.45, 7) is 4.41. The summed E-state index contributed by atoms with van der Waals surface area (Å²) in [7, 11) is 0. The van der Waals surface area contributed by atoms with Crippen molar-refractivity contribution in [3.05, 3.63) is 34.9 Å². The molecule has 2 aliphatic rings. The predicted molar refractivity (Wildman–Crippen MR) is 114 cm³/mol. The Labute approximate surface area is 186 Å². The molecule has 1 aromatic rings. The molecule has 2 fully saturated rings. The van der Waals surface area contributed by atoms with E-state index in [1.807, 2.05) is 12.1 Å². The topological polar surface area (TPSA) is 105 Å². The third-order valence-corrected chi connectivity index (χ3v) is 6.20. The van der Waals surface area contributed by atoms with Gasteiger partial charge in [0.05, 0.1) is 31.9 Å². The number of ether oxygens (including phenoxy) is 2. The number of aryl methyl sites for hydroxylation is 1. The number of carboxylic acid groups (broad SMARTS) is 1. The van der Waals surface area contributed by atoms with Gasteiger partial charge in [0.1, 0.15) is 12.1 Å². The molecule has 9 heteroatoms. The fourth-order valence-electron chi connectivity index (χ4n) is 4.36. The number of benzene rings is 1. The van der Waals surface area contributed by atoms with Crippen molar-refractivity contribution in [1.29, 1.82) is 0 Å². The highest BCUT2D eigenvalue weighted by Gasteiger charge is 2.50. The molecule has 3 unspecified atom stereocenters. The van der Waals surface area contributed by atoms with Gasteiger partial charge in [0.15, 0.2) is 0 Å². The van der Waals surface area contributed by atoms with E-state index in [0.717, 1.165) is 5.56 Å². The molecule has 1 amide bonds. The fourth-order valence-corrected chi connectivity index (χ4v) is 4.48. The zero-order valence-electron chi connectivity index (χ0n) is 17.8. The van der Waals surface area contributed by atoms with Gasteiger partial charge >= 0.3 is 11.9 Å². The number of nitrogens with zero attached hydrogens (tertiary/aromatic N) is 1. The monoisotopic (exact) mass is 452 g/mol. The number of rotatable bonds is 9. The second-order valence-corrected chi connectivity index (χ2v) is 8.49. The van der Waals surface area contributed by atoms with Crippen LogP contribution in [0.4, 0.5) is 0 Å². The molecular formula is C22H29ClN2O6. The van der Waals surface area contributed by atoms with Crippen LogP contribution in [-0.2, 0) is 30.3 Å². The Kier molecular flexibility index (Phi) is 7.91. The zero-order chi connectivity index (χ0) is 22.5. The third kappa shape index (κ3) is 5.56. The van der Waals surface area contributed by atoms with Crippen molar-refractivity contribution < 1.29 is 29.0 Å². The number of fused-ring (bicyclic) bond motifs is 1. The Hall–Kier alpha value is -2.16. The van der Waals surface area contributed by atoms with E-state index in [2.05, 4.69) is 5.32 Å². The van der Waals surface area contributed by atoms with Crippen molar-refractivity contribution in [1.82, 2.24) is 10.2 Å². The van der Waals surface area contributed by atoms with Crippen LogP contribution in [0.3, 0.4) is 0 Å². The van der Waals surface area contributed by atoms with Crippen molar-refractivity contribution in [2.75, 3.05) is 19.8 Å². The second kappa shape index (κ2) is 10.4. The molecule has 0 saturated carbocycles. The summed E-state index contributed by atoms with van der Waals surface area (Å²) < 4.78 is 10.6. The van der Waals surface area contributed by atoms with Gasteiger partial charge in [0.25, 0.3) is 0 Å². The maximum Gasteiger partial charge on any atom is 0.326 e. The third-order valence-electron chi connectivity index (χ3n) is 5.95. The highest BCUT2D eigenvalue weighted by atomic mass is 35.5. The highest BCUT2D eigenvalue weighted by Crippen LogP contribution is 2.35. The van der Waals surface area contributed by atoms with E-state index in [4.69, 9.17) is 21.1 Å².